The lowest BCUT2D eigenvalue weighted by molar-refractivity contribution is 0.0803. The van der Waals surface area contributed by atoms with E-state index in [0.29, 0.717) is 6.10 Å². The van der Waals surface area contributed by atoms with E-state index >= 15 is 0 Å². The first-order valence-electron chi connectivity index (χ1n) is 8.36. The molecule has 0 aromatic carbocycles. The van der Waals surface area contributed by atoms with Crippen LogP contribution in [0.2, 0.25) is 0 Å². The van der Waals surface area contributed by atoms with Gasteiger partial charge in [-0.15, -0.1) is 0 Å². The molecule has 0 aliphatic carbocycles. The third-order valence-corrected chi connectivity index (χ3v) is 4.48. The quantitative estimate of drug-likeness (QED) is 0.335. The minimum atomic E-state index is 0.357. The molecule has 0 aliphatic rings. The minimum absolute atomic E-state index is 0.357. The molecule has 0 heterocycles. The van der Waals surface area contributed by atoms with E-state index in [-0.39, 0.29) is 0 Å². The topological polar surface area (TPSA) is 18.5 Å². The average Bonchev–Trinajstić information content (AvgIpc) is 2.43. The Balaban J connectivity index is 3.09. The maximum atomic E-state index is 5.50. The SMILES string of the molecule is CCCCCCCCCCCCCC(COC)O[SiH3]. The summed E-state index contributed by atoms with van der Waals surface area (Å²) in [6, 6.07) is 0. The number of hydrogen-bond acceptors (Lipinski definition) is 2. The van der Waals surface area contributed by atoms with Crippen LogP contribution in [0, 0.1) is 0 Å². The Bertz CT molecular complexity index is 165. The Morgan fingerprint density at radius 1 is 0.789 bits per heavy atom. The van der Waals surface area contributed by atoms with Gasteiger partial charge in [-0.2, -0.15) is 0 Å². The summed E-state index contributed by atoms with van der Waals surface area (Å²) in [5.74, 6) is 0. The van der Waals surface area contributed by atoms with E-state index in [1.54, 1.807) is 7.11 Å². The van der Waals surface area contributed by atoms with Gasteiger partial charge in [0.25, 0.3) is 0 Å². The molecule has 0 aromatic heterocycles. The van der Waals surface area contributed by atoms with Gasteiger partial charge in [-0.05, 0) is 6.42 Å². The van der Waals surface area contributed by atoms with Crippen LogP contribution in [0.15, 0.2) is 0 Å². The fourth-order valence-electron chi connectivity index (χ4n) is 2.49. The lowest BCUT2D eigenvalue weighted by Crippen LogP contribution is -2.17. The van der Waals surface area contributed by atoms with Gasteiger partial charge in [-0.25, -0.2) is 0 Å². The fraction of sp³-hybridized carbons (Fsp3) is 1.00. The Morgan fingerprint density at radius 3 is 1.68 bits per heavy atom. The van der Waals surface area contributed by atoms with Crippen molar-refractivity contribution in [2.45, 2.75) is 90.1 Å². The Hall–Kier alpha value is 0.137. The number of hydrogen-bond donors (Lipinski definition) is 0. The molecule has 1 atom stereocenters. The van der Waals surface area contributed by atoms with E-state index in [4.69, 9.17) is 9.16 Å². The summed E-state index contributed by atoms with van der Waals surface area (Å²) in [5.41, 5.74) is 0. The molecule has 0 fully saturated rings. The van der Waals surface area contributed by atoms with Crippen LogP contribution in [0.4, 0.5) is 0 Å². The standard InChI is InChI=1S/C16H36O2Si/c1-3-4-5-6-7-8-9-10-11-12-13-14-16(18-19)15-17-2/h16H,3-15H2,1-2,19H3. The molecule has 0 rings (SSSR count). The van der Waals surface area contributed by atoms with Crippen molar-refractivity contribution < 1.29 is 9.16 Å². The summed E-state index contributed by atoms with van der Waals surface area (Å²) in [6.07, 6.45) is 17.0. The molecular weight excluding hydrogens is 252 g/mol. The van der Waals surface area contributed by atoms with Crippen LogP contribution in [-0.2, 0) is 9.16 Å². The second-order valence-electron chi connectivity index (χ2n) is 5.64. The molecule has 0 amide bonds. The van der Waals surface area contributed by atoms with Crippen LogP contribution in [-0.4, -0.2) is 30.3 Å². The molecule has 0 radical (unpaired) electrons. The van der Waals surface area contributed by atoms with Gasteiger partial charge in [-0.1, -0.05) is 77.6 Å². The lowest BCUT2D eigenvalue weighted by atomic mass is 10.0. The highest BCUT2D eigenvalue weighted by Gasteiger charge is 2.04. The smallest absolute Gasteiger partial charge is 0.146 e. The molecule has 0 aliphatic heterocycles. The van der Waals surface area contributed by atoms with Crippen molar-refractivity contribution in [1.29, 1.82) is 0 Å². The predicted octanol–water partition coefficient (Wildman–Crippen LogP) is 4.00. The molecule has 2 nitrogen and oxygen atoms in total. The van der Waals surface area contributed by atoms with E-state index in [0.717, 1.165) is 17.1 Å². The van der Waals surface area contributed by atoms with E-state index < -0.39 is 0 Å². The van der Waals surface area contributed by atoms with Gasteiger partial charge >= 0.3 is 0 Å². The van der Waals surface area contributed by atoms with E-state index in [1.165, 1.54) is 77.0 Å². The van der Waals surface area contributed by atoms with E-state index in [1.807, 2.05) is 0 Å². The molecule has 0 N–H and O–H groups in total. The number of unbranched alkanes of at least 4 members (excludes halogenated alkanes) is 10. The summed E-state index contributed by atoms with van der Waals surface area (Å²) in [6.45, 7) is 3.05. The van der Waals surface area contributed by atoms with Crippen molar-refractivity contribution in [2.24, 2.45) is 0 Å². The van der Waals surface area contributed by atoms with Gasteiger partial charge in [0.1, 0.15) is 10.5 Å². The van der Waals surface area contributed by atoms with Crippen molar-refractivity contribution in [3.05, 3.63) is 0 Å². The van der Waals surface area contributed by atoms with E-state index in [9.17, 15) is 0 Å². The largest absolute Gasteiger partial charge is 0.423 e. The second kappa shape index (κ2) is 16.2. The zero-order chi connectivity index (χ0) is 14.2. The average molecular weight is 289 g/mol. The first-order chi connectivity index (χ1) is 9.35. The first kappa shape index (κ1) is 19.1. The lowest BCUT2D eigenvalue weighted by Gasteiger charge is -2.14. The molecule has 0 saturated heterocycles. The van der Waals surface area contributed by atoms with Crippen LogP contribution in [0.1, 0.15) is 84.0 Å². The van der Waals surface area contributed by atoms with Crippen LogP contribution in [0.5, 0.6) is 0 Å². The number of ether oxygens (including phenoxy) is 1. The fourth-order valence-corrected chi connectivity index (χ4v) is 2.86. The Labute approximate surface area is 124 Å². The highest BCUT2D eigenvalue weighted by atomic mass is 28.2. The van der Waals surface area contributed by atoms with Gasteiger partial charge in [-0.3, -0.25) is 0 Å². The summed E-state index contributed by atoms with van der Waals surface area (Å²) < 4.78 is 10.6. The third kappa shape index (κ3) is 14.4. The van der Waals surface area contributed by atoms with Crippen molar-refractivity contribution in [3.8, 4) is 0 Å². The van der Waals surface area contributed by atoms with Crippen LogP contribution in [0.3, 0.4) is 0 Å². The number of methoxy groups -OCH3 is 1. The summed E-state index contributed by atoms with van der Waals surface area (Å²) in [7, 11) is 2.59. The monoisotopic (exact) mass is 288 g/mol. The molecule has 3 heteroatoms. The highest BCUT2D eigenvalue weighted by molar-refractivity contribution is 5.98. The summed E-state index contributed by atoms with van der Waals surface area (Å²) >= 11 is 0. The van der Waals surface area contributed by atoms with Crippen LogP contribution < -0.4 is 0 Å². The minimum Gasteiger partial charge on any atom is -0.423 e. The maximum absolute atomic E-state index is 5.50. The molecule has 0 bridgehead atoms. The van der Waals surface area contributed by atoms with Crippen molar-refractivity contribution >= 4 is 10.5 Å². The molecule has 0 saturated carbocycles. The van der Waals surface area contributed by atoms with Gasteiger partial charge in [0.2, 0.25) is 0 Å². The highest BCUT2D eigenvalue weighted by Crippen LogP contribution is 2.13. The number of rotatable bonds is 15. The Kier molecular flexibility index (Phi) is 16.3. The van der Waals surface area contributed by atoms with Crippen LogP contribution in [0.25, 0.3) is 0 Å². The molecular formula is C16H36O2Si. The summed E-state index contributed by atoms with van der Waals surface area (Å²) in [5, 5.41) is 0. The third-order valence-electron chi connectivity index (χ3n) is 3.82. The molecule has 0 aromatic rings. The van der Waals surface area contributed by atoms with Crippen LogP contribution >= 0.6 is 0 Å². The molecule has 116 valence electrons. The second-order valence-corrected chi connectivity index (χ2v) is 6.11. The zero-order valence-corrected chi connectivity index (χ0v) is 15.6. The van der Waals surface area contributed by atoms with Crippen molar-refractivity contribution in [1.82, 2.24) is 0 Å². The maximum Gasteiger partial charge on any atom is 0.146 e. The van der Waals surface area contributed by atoms with E-state index in [2.05, 4.69) is 6.92 Å². The predicted molar refractivity (Wildman–Crippen MR) is 87.8 cm³/mol. The van der Waals surface area contributed by atoms with Gasteiger partial charge < -0.3 is 9.16 Å². The molecule has 19 heavy (non-hydrogen) atoms. The van der Waals surface area contributed by atoms with Gasteiger partial charge in [0.15, 0.2) is 0 Å². The zero-order valence-electron chi connectivity index (χ0n) is 13.6. The first-order valence-corrected chi connectivity index (χ1v) is 9.18. The Morgan fingerprint density at radius 2 is 1.26 bits per heavy atom. The normalized spacial score (nSPS) is 12.9. The molecule has 1 unspecified atom stereocenters. The van der Waals surface area contributed by atoms with Gasteiger partial charge in [0, 0.05) is 7.11 Å². The van der Waals surface area contributed by atoms with Crippen molar-refractivity contribution in [3.63, 3.8) is 0 Å². The van der Waals surface area contributed by atoms with Gasteiger partial charge in [0.05, 0.1) is 12.7 Å². The van der Waals surface area contributed by atoms with Crippen molar-refractivity contribution in [2.75, 3.05) is 13.7 Å². The molecule has 0 spiro atoms. The summed E-state index contributed by atoms with van der Waals surface area (Å²) in [4.78, 5) is 0.